The van der Waals surface area contributed by atoms with Crippen LogP contribution < -0.4 is 0 Å². The molecule has 19 heavy (non-hydrogen) atoms. The van der Waals surface area contributed by atoms with Gasteiger partial charge in [0.1, 0.15) is 5.69 Å². The van der Waals surface area contributed by atoms with Crippen molar-refractivity contribution in [3.63, 3.8) is 0 Å². The van der Waals surface area contributed by atoms with E-state index >= 15 is 0 Å². The molecule has 0 saturated heterocycles. The van der Waals surface area contributed by atoms with E-state index in [0.29, 0.717) is 6.54 Å². The number of hydrogen-bond donors (Lipinski definition) is 0. The van der Waals surface area contributed by atoms with Gasteiger partial charge in [-0.05, 0) is 12.0 Å². The fourth-order valence-electron chi connectivity index (χ4n) is 1.70. The largest absolute Gasteiger partial charge is 0.269 e. The van der Waals surface area contributed by atoms with Crippen LogP contribution in [0.3, 0.4) is 0 Å². The van der Waals surface area contributed by atoms with Gasteiger partial charge in [-0.2, -0.15) is 0 Å². The highest BCUT2D eigenvalue weighted by Crippen LogP contribution is 2.21. The van der Waals surface area contributed by atoms with E-state index in [1.165, 1.54) is 12.1 Å². The normalized spacial score (nSPS) is 12.3. The lowest BCUT2D eigenvalue weighted by molar-refractivity contribution is -0.384. The molecule has 0 spiro atoms. The van der Waals surface area contributed by atoms with Crippen molar-refractivity contribution < 1.29 is 4.92 Å². The fourth-order valence-corrected chi connectivity index (χ4v) is 1.80. The Hall–Kier alpha value is -1.95. The highest BCUT2D eigenvalue weighted by atomic mass is 35.5. The Bertz CT molecular complexity index is 585. The average Bonchev–Trinajstić information content (AvgIpc) is 2.86. The first-order chi connectivity index (χ1) is 9.10. The monoisotopic (exact) mass is 280 g/mol. The second-order valence-corrected chi connectivity index (χ2v) is 4.67. The number of nitro benzene ring substituents is 1. The Morgan fingerprint density at radius 1 is 1.53 bits per heavy atom. The Kier molecular flexibility index (Phi) is 4.11. The molecule has 1 heterocycles. The predicted molar refractivity (Wildman–Crippen MR) is 71.1 cm³/mol. The summed E-state index contributed by atoms with van der Waals surface area (Å²) in [7, 11) is 0. The molecule has 0 fully saturated rings. The number of halogens is 1. The van der Waals surface area contributed by atoms with Gasteiger partial charge in [0.25, 0.3) is 5.69 Å². The Morgan fingerprint density at radius 2 is 2.32 bits per heavy atom. The first-order valence-corrected chi connectivity index (χ1v) is 6.31. The van der Waals surface area contributed by atoms with Crippen LogP contribution in [0.15, 0.2) is 30.5 Å². The Balaban J connectivity index is 2.15. The maximum atomic E-state index is 10.7. The van der Waals surface area contributed by atoms with Crippen LogP contribution in [0.5, 0.6) is 0 Å². The van der Waals surface area contributed by atoms with Gasteiger partial charge in [0.05, 0.1) is 23.0 Å². The average molecular weight is 281 g/mol. The zero-order valence-corrected chi connectivity index (χ0v) is 11.1. The number of alkyl halides is 1. The van der Waals surface area contributed by atoms with Crippen molar-refractivity contribution >= 4 is 17.3 Å². The molecule has 2 rings (SSSR count). The highest BCUT2D eigenvalue weighted by Gasteiger charge is 2.11. The number of nitro groups is 1. The second-order valence-electron chi connectivity index (χ2n) is 4.14. The van der Waals surface area contributed by atoms with Gasteiger partial charge in [0.2, 0.25) is 0 Å². The maximum absolute atomic E-state index is 10.7. The van der Waals surface area contributed by atoms with Crippen molar-refractivity contribution in [3.05, 3.63) is 51.8 Å². The van der Waals surface area contributed by atoms with Gasteiger partial charge in [0.15, 0.2) is 0 Å². The zero-order valence-electron chi connectivity index (χ0n) is 10.4. The van der Waals surface area contributed by atoms with Crippen LogP contribution in [0.1, 0.15) is 30.0 Å². The molecule has 0 amide bonds. The number of aromatic nitrogens is 3. The molecular weight excluding hydrogens is 268 g/mol. The second kappa shape index (κ2) is 5.79. The van der Waals surface area contributed by atoms with Crippen molar-refractivity contribution in [1.82, 2.24) is 15.0 Å². The lowest BCUT2D eigenvalue weighted by atomic mass is 10.2. The molecule has 0 aliphatic rings. The molecule has 0 aliphatic heterocycles. The minimum atomic E-state index is -0.415. The van der Waals surface area contributed by atoms with Crippen molar-refractivity contribution in [3.8, 4) is 0 Å². The number of hydrogen-bond acceptors (Lipinski definition) is 4. The minimum absolute atomic E-state index is 0.0709. The molecule has 1 unspecified atom stereocenters. The third-order valence-corrected chi connectivity index (χ3v) is 3.23. The number of benzene rings is 1. The third kappa shape index (κ3) is 3.29. The summed E-state index contributed by atoms with van der Waals surface area (Å²) >= 11 is 6.07. The zero-order chi connectivity index (χ0) is 13.8. The summed E-state index contributed by atoms with van der Waals surface area (Å²) in [4.78, 5) is 10.3. The summed E-state index contributed by atoms with van der Waals surface area (Å²) in [6, 6.07) is 6.45. The molecule has 1 atom stereocenters. The molecule has 6 nitrogen and oxygen atoms in total. The minimum Gasteiger partial charge on any atom is -0.258 e. The summed E-state index contributed by atoms with van der Waals surface area (Å²) < 4.78 is 1.62. The summed E-state index contributed by atoms with van der Waals surface area (Å²) in [6.45, 7) is 2.40. The van der Waals surface area contributed by atoms with Crippen LogP contribution in [0.4, 0.5) is 5.69 Å². The molecule has 0 aliphatic carbocycles. The van der Waals surface area contributed by atoms with E-state index in [1.807, 2.05) is 13.0 Å². The van der Waals surface area contributed by atoms with E-state index < -0.39 is 4.92 Å². The lowest BCUT2D eigenvalue weighted by Gasteiger charge is -2.01. The topological polar surface area (TPSA) is 73.8 Å². The molecule has 1 aromatic heterocycles. The van der Waals surface area contributed by atoms with Gasteiger partial charge in [-0.1, -0.05) is 24.3 Å². The van der Waals surface area contributed by atoms with Crippen molar-refractivity contribution in [1.29, 1.82) is 0 Å². The van der Waals surface area contributed by atoms with Gasteiger partial charge < -0.3 is 0 Å². The summed E-state index contributed by atoms with van der Waals surface area (Å²) in [5, 5.41) is 18.5. The van der Waals surface area contributed by atoms with Gasteiger partial charge in [-0.25, -0.2) is 4.68 Å². The van der Waals surface area contributed by atoms with Gasteiger partial charge in [-0.15, -0.1) is 16.7 Å². The van der Waals surface area contributed by atoms with E-state index in [-0.39, 0.29) is 11.1 Å². The predicted octanol–water partition coefficient (Wildman–Crippen LogP) is 2.92. The third-order valence-electron chi connectivity index (χ3n) is 2.70. The molecule has 0 saturated carbocycles. The van der Waals surface area contributed by atoms with E-state index in [1.54, 1.807) is 16.9 Å². The van der Waals surface area contributed by atoms with Crippen molar-refractivity contribution in [2.45, 2.75) is 25.3 Å². The van der Waals surface area contributed by atoms with Crippen LogP contribution in [-0.2, 0) is 6.54 Å². The summed E-state index contributed by atoms with van der Waals surface area (Å²) in [6.07, 6.45) is 2.54. The van der Waals surface area contributed by atoms with Crippen LogP contribution >= 0.6 is 11.6 Å². The van der Waals surface area contributed by atoms with E-state index in [0.717, 1.165) is 17.7 Å². The fraction of sp³-hybridized carbons (Fsp3) is 0.333. The van der Waals surface area contributed by atoms with Gasteiger partial charge in [0, 0.05) is 12.1 Å². The lowest BCUT2D eigenvalue weighted by Crippen LogP contribution is -2.01. The molecular formula is C12H13ClN4O2. The Labute approximate surface area is 115 Å². The van der Waals surface area contributed by atoms with Gasteiger partial charge in [-0.3, -0.25) is 10.1 Å². The van der Waals surface area contributed by atoms with Crippen LogP contribution in [-0.4, -0.2) is 19.9 Å². The molecule has 2 aromatic rings. The maximum Gasteiger partial charge on any atom is 0.269 e. The summed E-state index contributed by atoms with van der Waals surface area (Å²) in [5.41, 5.74) is 1.59. The van der Waals surface area contributed by atoms with Crippen LogP contribution in [0, 0.1) is 10.1 Å². The molecule has 0 N–H and O–H groups in total. The molecule has 1 aromatic carbocycles. The standard InChI is InChI=1S/C12H13ClN4O2/c1-2-11(13)12-8-16(15-14-12)7-9-4-3-5-10(6-9)17(18)19/h3-6,8,11H,2,7H2,1H3. The van der Waals surface area contributed by atoms with Crippen LogP contribution in [0.25, 0.3) is 0 Å². The molecule has 100 valence electrons. The van der Waals surface area contributed by atoms with E-state index in [2.05, 4.69) is 10.3 Å². The van der Waals surface area contributed by atoms with Crippen LogP contribution in [0.2, 0.25) is 0 Å². The quantitative estimate of drug-likeness (QED) is 0.479. The summed E-state index contributed by atoms with van der Waals surface area (Å²) in [5.74, 6) is 0. The molecule has 0 bridgehead atoms. The van der Waals surface area contributed by atoms with E-state index in [4.69, 9.17) is 11.6 Å². The number of nitrogens with zero attached hydrogens (tertiary/aromatic N) is 4. The molecule has 7 heteroatoms. The number of rotatable bonds is 5. The highest BCUT2D eigenvalue weighted by molar-refractivity contribution is 6.20. The van der Waals surface area contributed by atoms with Gasteiger partial charge >= 0.3 is 0 Å². The SMILES string of the molecule is CCC(Cl)c1cn(Cc2cccc([N+](=O)[O-])c2)nn1. The van der Waals surface area contributed by atoms with Crippen molar-refractivity contribution in [2.75, 3.05) is 0 Å². The first-order valence-electron chi connectivity index (χ1n) is 5.87. The molecule has 0 radical (unpaired) electrons. The Morgan fingerprint density at radius 3 is 3.00 bits per heavy atom. The van der Waals surface area contributed by atoms with Crippen molar-refractivity contribution in [2.24, 2.45) is 0 Å². The smallest absolute Gasteiger partial charge is 0.258 e. The van der Waals surface area contributed by atoms with E-state index in [9.17, 15) is 10.1 Å². The first kappa shape index (κ1) is 13.5. The number of non-ortho nitro benzene ring substituents is 1.